The van der Waals surface area contributed by atoms with E-state index in [4.69, 9.17) is 0 Å². The fraction of sp³-hybridized carbons (Fsp3) is 0.500. The van der Waals surface area contributed by atoms with Crippen molar-refractivity contribution in [2.45, 2.75) is 40.0 Å². The maximum absolute atomic E-state index is 4.57. The topological polar surface area (TPSA) is 53.1 Å². The number of anilines is 4. The lowest BCUT2D eigenvalue weighted by molar-refractivity contribution is 0.578. The Bertz CT molecular complexity index is 675. The molecule has 2 N–H and O–H groups in total. The number of piperidine rings is 1. The Labute approximate surface area is 150 Å². The van der Waals surface area contributed by atoms with Crippen LogP contribution in [-0.4, -0.2) is 29.6 Å². The molecule has 0 aliphatic carbocycles. The Balaban J connectivity index is 1.67. The number of hydrogen-bond donors (Lipinski definition) is 2. The molecule has 134 valence electrons. The van der Waals surface area contributed by atoms with Crippen LogP contribution >= 0.6 is 0 Å². The monoisotopic (exact) mass is 339 g/mol. The van der Waals surface area contributed by atoms with Gasteiger partial charge in [0.25, 0.3) is 0 Å². The summed E-state index contributed by atoms with van der Waals surface area (Å²) in [4.78, 5) is 11.5. The second-order valence-corrected chi connectivity index (χ2v) is 7.21. The van der Waals surface area contributed by atoms with Gasteiger partial charge in [0, 0.05) is 42.8 Å². The molecule has 25 heavy (non-hydrogen) atoms. The van der Waals surface area contributed by atoms with Crippen LogP contribution in [0, 0.1) is 12.8 Å². The van der Waals surface area contributed by atoms with Gasteiger partial charge in [-0.3, -0.25) is 0 Å². The first-order valence-corrected chi connectivity index (χ1v) is 9.32. The summed E-state index contributed by atoms with van der Waals surface area (Å²) in [6.07, 6.45) is 3.95. The molecule has 0 radical (unpaired) electrons. The van der Waals surface area contributed by atoms with Crippen molar-refractivity contribution in [1.29, 1.82) is 0 Å². The molecule has 1 aromatic carbocycles. The van der Waals surface area contributed by atoms with Gasteiger partial charge in [-0.05, 0) is 56.4 Å². The molecule has 0 spiro atoms. The maximum atomic E-state index is 4.57. The first-order valence-electron chi connectivity index (χ1n) is 9.32. The van der Waals surface area contributed by atoms with E-state index in [-0.39, 0.29) is 0 Å². The molecular weight excluding hydrogens is 310 g/mol. The lowest BCUT2D eigenvalue weighted by Gasteiger charge is -2.28. The molecule has 2 heterocycles. The van der Waals surface area contributed by atoms with Crippen molar-refractivity contribution in [2.24, 2.45) is 5.92 Å². The van der Waals surface area contributed by atoms with E-state index >= 15 is 0 Å². The van der Waals surface area contributed by atoms with E-state index in [0.29, 0.717) is 11.9 Å². The lowest BCUT2D eigenvalue weighted by Crippen LogP contribution is -2.29. The van der Waals surface area contributed by atoms with Crippen molar-refractivity contribution in [3.63, 3.8) is 0 Å². The van der Waals surface area contributed by atoms with E-state index in [1.165, 1.54) is 38.0 Å². The Morgan fingerprint density at radius 2 is 1.76 bits per heavy atom. The molecular formula is C20H29N5. The van der Waals surface area contributed by atoms with Crippen LogP contribution in [0.4, 0.5) is 23.1 Å². The molecule has 3 rings (SSSR count). The van der Waals surface area contributed by atoms with Crippen LogP contribution in [0.5, 0.6) is 0 Å². The lowest BCUT2D eigenvalue weighted by atomic mass is 10.1. The normalized spacial score (nSPS) is 14.6. The molecule has 1 aromatic heterocycles. The first kappa shape index (κ1) is 17.5. The fourth-order valence-corrected chi connectivity index (χ4v) is 3.06. The van der Waals surface area contributed by atoms with E-state index in [0.717, 1.165) is 23.7 Å². The quantitative estimate of drug-likeness (QED) is 0.806. The SMILES string of the molecule is Cc1cc(NCC(C)C)nc(Nc2ccc(N3CCCCC3)cc2)n1. The van der Waals surface area contributed by atoms with Crippen molar-refractivity contribution in [3.05, 3.63) is 36.0 Å². The van der Waals surface area contributed by atoms with Crippen molar-refractivity contribution in [3.8, 4) is 0 Å². The van der Waals surface area contributed by atoms with Crippen LogP contribution in [-0.2, 0) is 0 Å². The number of nitrogens with one attached hydrogen (secondary N) is 2. The number of hydrogen-bond acceptors (Lipinski definition) is 5. The molecule has 5 nitrogen and oxygen atoms in total. The van der Waals surface area contributed by atoms with Crippen LogP contribution in [0.2, 0.25) is 0 Å². The third-order valence-electron chi connectivity index (χ3n) is 4.39. The summed E-state index contributed by atoms with van der Waals surface area (Å²) < 4.78 is 0. The van der Waals surface area contributed by atoms with E-state index in [1.807, 2.05) is 13.0 Å². The molecule has 0 amide bonds. The van der Waals surface area contributed by atoms with Gasteiger partial charge in [0.2, 0.25) is 5.95 Å². The third-order valence-corrected chi connectivity index (χ3v) is 4.39. The number of rotatable bonds is 6. The van der Waals surface area contributed by atoms with E-state index in [2.05, 4.69) is 63.6 Å². The average Bonchev–Trinajstić information content (AvgIpc) is 2.61. The van der Waals surface area contributed by atoms with Gasteiger partial charge >= 0.3 is 0 Å². The molecule has 5 heteroatoms. The molecule has 0 saturated carbocycles. The van der Waals surface area contributed by atoms with Gasteiger partial charge < -0.3 is 15.5 Å². The second kappa shape index (κ2) is 8.19. The average molecular weight is 339 g/mol. The second-order valence-electron chi connectivity index (χ2n) is 7.21. The number of nitrogens with zero attached hydrogens (tertiary/aromatic N) is 3. The third kappa shape index (κ3) is 5.08. The smallest absolute Gasteiger partial charge is 0.229 e. The standard InChI is InChI=1S/C20H29N5/c1-15(2)14-21-19-13-16(3)22-20(24-19)23-17-7-9-18(10-8-17)25-11-5-4-6-12-25/h7-10,13,15H,4-6,11-12,14H2,1-3H3,(H2,21,22,23,24). The van der Waals surface area contributed by atoms with Crippen molar-refractivity contribution >= 4 is 23.1 Å². The molecule has 0 unspecified atom stereocenters. The van der Waals surface area contributed by atoms with Crippen molar-refractivity contribution in [1.82, 2.24) is 9.97 Å². The van der Waals surface area contributed by atoms with E-state index < -0.39 is 0 Å². The highest BCUT2D eigenvalue weighted by atomic mass is 15.1. The molecule has 0 atom stereocenters. The van der Waals surface area contributed by atoms with Gasteiger partial charge in [-0.1, -0.05) is 13.8 Å². The van der Waals surface area contributed by atoms with Crippen LogP contribution in [0.3, 0.4) is 0 Å². The Kier molecular flexibility index (Phi) is 5.74. The van der Waals surface area contributed by atoms with Crippen LogP contribution in [0.1, 0.15) is 38.8 Å². The summed E-state index contributed by atoms with van der Waals surface area (Å²) in [5.41, 5.74) is 3.27. The van der Waals surface area contributed by atoms with Crippen molar-refractivity contribution in [2.75, 3.05) is 35.2 Å². The maximum Gasteiger partial charge on any atom is 0.229 e. The van der Waals surface area contributed by atoms with Crippen LogP contribution in [0.25, 0.3) is 0 Å². The Morgan fingerprint density at radius 3 is 2.44 bits per heavy atom. The minimum Gasteiger partial charge on any atom is -0.372 e. The predicted molar refractivity (Wildman–Crippen MR) is 106 cm³/mol. The zero-order valence-corrected chi connectivity index (χ0v) is 15.5. The Morgan fingerprint density at radius 1 is 1.04 bits per heavy atom. The van der Waals surface area contributed by atoms with Crippen LogP contribution in [0.15, 0.2) is 30.3 Å². The fourth-order valence-electron chi connectivity index (χ4n) is 3.06. The summed E-state index contributed by atoms with van der Waals surface area (Å²) in [6, 6.07) is 10.6. The summed E-state index contributed by atoms with van der Waals surface area (Å²) in [7, 11) is 0. The summed E-state index contributed by atoms with van der Waals surface area (Å²) in [5.74, 6) is 2.08. The molecule has 0 bridgehead atoms. The van der Waals surface area contributed by atoms with Gasteiger partial charge in [-0.25, -0.2) is 4.98 Å². The van der Waals surface area contributed by atoms with Gasteiger partial charge in [0.15, 0.2) is 0 Å². The van der Waals surface area contributed by atoms with E-state index in [1.54, 1.807) is 0 Å². The number of aryl methyl sites for hydroxylation is 1. The molecule has 1 aliphatic heterocycles. The highest BCUT2D eigenvalue weighted by molar-refractivity contribution is 5.60. The zero-order chi connectivity index (χ0) is 17.6. The minimum atomic E-state index is 0.578. The number of benzene rings is 1. The highest BCUT2D eigenvalue weighted by Gasteiger charge is 2.10. The zero-order valence-electron chi connectivity index (χ0n) is 15.5. The summed E-state index contributed by atoms with van der Waals surface area (Å²) in [5, 5.41) is 6.69. The molecule has 1 fully saturated rings. The Hall–Kier alpha value is -2.30. The highest BCUT2D eigenvalue weighted by Crippen LogP contribution is 2.23. The van der Waals surface area contributed by atoms with Gasteiger partial charge in [-0.15, -0.1) is 0 Å². The molecule has 2 aromatic rings. The molecule has 1 saturated heterocycles. The summed E-state index contributed by atoms with van der Waals surface area (Å²) >= 11 is 0. The largest absolute Gasteiger partial charge is 0.372 e. The van der Waals surface area contributed by atoms with Gasteiger partial charge in [0.1, 0.15) is 5.82 Å². The number of aromatic nitrogens is 2. The summed E-state index contributed by atoms with van der Waals surface area (Å²) in [6.45, 7) is 9.60. The first-order chi connectivity index (χ1) is 12.1. The van der Waals surface area contributed by atoms with Gasteiger partial charge in [0.05, 0.1) is 0 Å². The van der Waals surface area contributed by atoms with Crippen molar-refractivity contribution < 1.29 is 0 Å². The van der Waals surface area contributed by atoms with Gasteiger partial charge in [-0.2, -0.15) is 4.98 Å². The molecule has 1 aliphatic rings. The van der Waals surface area contributed by atoms with Crippen LogP contribution < -0.4 is 15.5 Å². The van der Waals surface area contributed by atoms with E-state index in [9.17, 15) is 0 Å². The minimum absolute atomic E-state index is 0.578. The predicted octanol–water partition coefficient (Wildman–Crippen LogP) is 4.59.